The highest BCUT2D eigenvalue weighted by Gasteiger charge is 2.37. The Balaban J connectivity index is 2.31. The molecule has 1 aliphatic carbocycles. The fourth-order valence-electron chi connectivity index (χ4n) is 2.30. The Hall–Kier alpha value is -0.610. The summed E-state index contributed by atoms with van der Waals surface area (Å²) in [5.74, 6) is 0.0773. The number of carbonyl (C=O) groups is 1. The lowest BCUT2D eigenvalue weighted by Crippen LogP contribution is -2.47. The van der Waals surface area contributed by atoms with Gasteiger partial charge in [0.25, 0.3) is 0 Å². The fraction of sp³-hybridized carbons (Fsp3) is 0.923. The normalized spacial score (nSPS) is 19.8. The lowest BCUT2D eigenvalue weighted by Gasteiger charge is -2.41. The van der Waals surface area contributed by atoms with Crippen LogP contribution in [0.1, 0.15) is 39.5 Å². The molecule has 0 heterocycles. The largest absolute Gasteiger partial charge is 0.384 e. The molecule has 0 saturated heterocycles. The monoisotopic (exact) mass is 243 g/mol. The van der Waals surface area contributed by atoms with Crippen molar-refractivity contribution >= 4 is 5.91 Å². The van der Waals surface area contributed by atoms with E-state index in [2.05, 4.69) is 5.32 Å². The van der Waals surface area contributed by atoms with Gasteiger partial charge in [0.05, 0.1) is 6.61 Å². The van der Waals surface area contributed by atoms with Crippen molar-refractivity contribution in [3.63, 3.8) is 0 Å². The lowest BCUT2D eigenvalue weighted by atomic mass is 9.69. The molecule has 4 nitrogen and oxygen atoms in total. The van der Waals surface area contributed by atoms with E-state index in [-0.39, 0.29) is 11.3 Å². The van der Waals surface area contributed by atoms with Crippen molar-refractivity contribution in [3.8, 4) is 0 Å². The molecule has 17 heavy (non-hydrogen) atoms. The molecule has 0 bridgehead atoms. The molecule has 0 radical (unpaired) electrons. The quantitative estimate of drug-likeness (QED) is 0.709. The number of methoxy groups -OCH3 is 1. The minimum atomic E-state index is -0.880. The summed E-state index contributed by atoms with van der Waals surface area (Å²) in [4.78, 5) is 11.7. The van der Waals surface area contributed by atoms with E-state index in [0.29, 0.717) is 25.5 Å². The van der Waals surface area contributed by atoms with Gasteiger partial charge in [-0.2, -0.15) is 0 Å². The third-order valence-electron chi connectivity index (χ3n) is 3.50. The van der Waals surface area contributed by atoms with Gasteiger partial charge in [-0.3, -0.25) is 4.79 Å². The van der Waals surface area contributed by atoms with Gasteiger partial charge in [0.2, 0.25) is 5.91 Å². The molecule has 1 fully saturated rings. The molecule has 0 aliphatic heterocycles. The van der Waals surface area contributed by atoms with Gasteiger partial charge in [-0.05, 0) is 25.2 Å². The Bertz CT molecular complexity index is 249. The van der Waals surface area contributed by atoms with Crippen LogP contribution in [0, 0.1) is 11.3 Å². The van der Waals surface area contributed by atoms with Crippen LogP contribution in [0.2, 0.25) is 0 Å². The van der Waals surface area contributed by atoms with E-state index < -0.39 is 6.10 Å². The minimum absolute atomic E-state index is 0.113. The highest BCUT2D eigenvalue weighted by molar-refractivity contribution is 5.80. The van der Waals surface area contributed by atoms with Crippen molar-refractivity contribution in [2.45, 2.75) is 45.6 Å². The van der Waals surface area contributed by atoms with E-state index >= 15 is 0 Å². The molecule has 0 unspecified atom stereocenters. The van der Waals surface area contributed by atoms with Gasteiger partial charge in [-0.1, -0.05) is 20.3 Å². The predicted octanol–water partition coefficient (Wildman–Crippen LogP) is 1.33. The predicted molar refractivity (Wildman–Crippen MR) is 66.6 cm³/mol. The summed E-state index contributed by atoms with van der Waals surface area (Å²) in [6.07, 6.45) is 3.04. The maximum atomic E-state index is 11.7. The number of rotatable bonds is 7. The van der Waals surface area contributed by atoms with Crippen molar-refractivity contribution in [2.75, 3.05) is 20.3 Å². The van der Waals surface area contributed by atoms with E-state index in [9.17, 15) is 9.90 Å². The number of carbonyl (C=O) groups excluding carboxylic acids is 1. The number of aliphatic hydroxyl groups is 1. The van der Waals surface area contributed by atoms with Crippen molar-refractivity contribution in [2.24, 2.45) is 11.3 Å². The number of amides is 1. The molecule has 100 valence electrons. The second kappa shape index (κ2) is 6.36. The van der Waals surface area contributed by atoms with E-state index in [0.717, 1.165) is 12.8 Å². The Morgan fingerprint density at radius 3 is 2.53 bits per heavy atom. The summed E-state index contributed by atoms with van der Waals surface area (Å²) in [6.45, 7) is 5.30. The SMILES string of the molecule is COCC1(CNC(=O)[C@@H](O)CC(C)C)CCC1. The topological polar surface area (TPSA) is 58.6 Å². The van der Waals surface area contributed by atoms with Crippen LogP contribution in [0.15, 0.2) is 0 Å². The summed E-state index contributed by atoms with van der Waals surface area (Å²) in [5, 5.41) is 12.5. The Morgan fingerprint density at radius 1 is 1.47 bits per heavy atom. The average molecular weight is 243 g/mol. The number of hydrogen-bond acceptors (Lipinski definition) is 3. The van der Waals surface area contributed by atoms with Gasteiger partial charge < -0.3 is 15.2 Å². The maximum Gasteiger partial charge on any atom is 0.248 e. The molecule has 1 amide bonds. The van der Waals surface area contributed by atoms with Crippen LogP contribution >= 0.6 is 0 Å². The summed E-state index contributed by atoms with van der Waals surface area (Å²) < 4.78 is 5.19. The molecule has 0 spiro atoms. The van der Waals surface area contributed by atoms with Crippen LogP contribution < -0.4 is 5.32 Å². The lowest BCUT2D eigenvalue weighted by molar-refractivity contribution is -0.131. The third-order valence-corrected chi connectivity index (χ3v) is 3.50. The van der Waals surface area contributed by atoms with Gasteiger partial charge in [-0.15, -0.1) is 0 Å². The van der Waals surface area contributed by atoms with Crippen molar-refractivity contribution in [3.05, 3.63) is 0 Å². The van der Waals surface area contributed by atoms with Crippen LogP contribution in [-0.4, -0.2) is 37.4 Å². The van der Waals surface area contributed by atoms with Crippen LogP contribution in [-0.2, 0) is 9.53 Å². The minimum Gasteiger partial charge on any atom is -0.384 e. The van der Waals surface area contributed by atoms with E-state index in [4.69, 9.17) is 4.74 Å². The molecule has 2 N–H and O–H groups in total. The van der Waals surface area contributed by atoms with E-state index in [1.807, 2.05) is 13.8 Å². The first-order chi connectivity index (χ1) is 7.99. The van der Waals surface area contributed by atoms with Gasteiger partial charge in [0.15, 0.2) is 0 Å². The van der Waals surface area contributed by atoms with E-state index in [1.165, 1.54) is 6.42 Å². The average Bonchev–Trinajstić information content (AvgIpc) is 2.20. The van der Waals surface area contributed by atoms with Crippen LogP contribution in [0.3, 0.4) is 0 Å². The molecular weight excluding hydrogens is 218 g/mol. The standard InChI is InChI=1S/C13H25NO3/c1-10(2)7-11(15)12(16)14-8-13(9-17-3)5-4-6-13/h10-11,15H,4-9H2,1-3H3,(H,14,16)/t11-/m0/s1. The number of hydrogen-bond donors (Lipinski definition) is 2. The van der Waals surface area contributed by atoms with Crippen LogP contribution in [0.5, 0.6) is 0 Å². The number of nitrogens with one attached hydrogen (secondary N) is 1. The molecule has 1 rings (SSSR count). The van der Waals surface area contributed by atoms with Crippen molar-refractivity contribution in [1.82, 2.24) is 5.32 Å². The summed E-state index contributed by atoms with van der Waals surface area (Å²) >= 11 is 0. The van der Waals surface area contributed by atoms with Gasteiger partial charge in [0.1, 0.15) is 6.10 Å². The smallest absolute Gasteiger partial charge is 0.248 e. The first-order valence-corrected chi connectivity index (χ1v) is 6.44. The van der Waals surface area contributed by atoms with Gasteiger partial charge in [0, 0.05) is 19.1 Å². The van der Waals surface area contributed by atoms with E-state index in [1.54, 1.807) is 7.11 Å². The van der Waals surface area contributed by atoms with Crippen LogP contribution in [0.4, 0.5) is 0 Å². The fourth-order valence-corrected chi connectivity index (χ4v) is 2.30. The molecule has 1 aliphatic rings. The first-order valence-electron chi connectivity index (χ1n) is 6.44. The van der Waals surface area contributed by atoms with Crippen molar-refractivity contribution < 1.29 is 14.6 Å². The summed E-state index contributed by atoms with van der Waals surface area (Å²) in [5.41, 5.74) is 0.113. The summed E-state index contributed by atoms with van der Waals surface area (Å²) in [7, 11) is 1.69. The highest BCUT2D eigenvalue weighted by atomic mass is 16.5. The van der Waals surface area contributed by atoms with Crippen molar-refractivity contribution in [1.29, 1.82) is 0 Å². The van der Waals surface area contributed by atoms with Crippen LogP contribution in [0.25, 0.3) is 0 Å². The number of ether oxygens (including phenoxy) is 1. The highest BCUT2D eigenvalue weighted by Crippen LogP contribution is 2.40. The second-order valence-corrected chi connectivity index (χ2v) is 5.65. The third kappa shape index (κ3) is 4.28. The zero-order valence-corrected chi connectivity index (χ0v) is 11.2. The Morgan fingerprint density at radius 2 is 2.12 bits per heavy atom. The zero-order valence-electron chi connectivity index (χ0n) is 11.2. The Kier molecular flexibility index (Phi) is 5.40. The molecule has 1 saturated carbocycles. The first kappa shape index (κ1) is 14.5. The molecular formula is C13H25NO3. The maximum absolute atomic E-state index is 11.7. The zero-order chi connectivity index (χ0) is 12.9. The molecule has 4 heteroatoms. The molecule has 0 aromatic carbocycles. The Labute approximate surface area is 104 Å². The molecule has 0 aromatic heterocycles. The summed E-state index contributed by atoms with van der Waals surface area (Å²) in [6, 6.07) is 0. The molecule has 0 aromatic rings. The van der Waals surface area contributed by atoms with Gasteiger partial charge >= 0.3 is 0 Å². The van der Waals surface area contributed by atoms with Gasteiger partial charge in [-0.25, -0.2) is 0 Å². The number of aliphatic hydroxyl groups excluding tert-OH is 1. The molecule has 1 atom stereocenters. The second-order valence-electron chi connectivity index (χ2n) is 5.65.